The number of aliphatic carboxylic acids is 1. The number of carboxylic acid groups (broad SMARTS) is 1. The molecule has 1 rings (SSSR count). The van der Waals surface area contributed by atoms with Gasteiger partial charge in [0.15, 0.2) is 0 Å². The van der Waals surface area contributed by atoms with Gasteiger partial charge >= 0.3 is 5.97 Å². The van der Waals surface area contributed by atoms with Crippen LogP contribution in [0, 0.1) is 5.82 Å². The fourth-order valence-corrected chi connectivity index (χ4v) is 1.42. The van der Waals surface area contributed by atoms with E-state index >= 15 is 0 Å². The lowest BCUT2D eigenvalue weighted by molar-refractivity contribution is -0.137. The van der Waals surface area contributed by atoms with Crippen molar-refractivity contribution in [2.24, 2.45) is 0 Å². The summed E-state index contributed by atoms with van der Waals surface area (Å²) >= 11 is 0. The summed E-state index contributed by atoms with van der Waals surface area (Å²) in [4.78, 5) is 22.0. The molecule has 17 heavy (non-hydrogen) atoms. The van der Waals surface area contributed by atoms with E-state index in [1.165, 1.54) is 24.3 Å². The maximum atomic E-state index is 12.7. The maximum absolute atomic E-state index is 12.7. The predicted octanol–water partition coefficient (Wildman–Crippen LogP) is 1.87. The first-order chi connectivity index (χ1) is 8.02. The summed E-state index contributed by atoms with van der Waals surface area (Å²) in [7, 11) is 0. The molecule has 1 amide bonds. The zero-order chi connectivity index (χ0) is 12.8. The van der Waals surface area contributed by atoms with E-state index < -0.39 is 17.8 Å². The molecular formula is C12H14FNO3. The van der Waals surface area contributed by atoms with Crippen molar-refractivity contribution in [2.45, 2.75) is 25.8 Å². The van der Waals surface area contributed by atoms with Crippen molar-refractivity contribution in [2.75, 3.05) is 0 Å². The first-order valence-electron chi connectivity index (χ1n) is 5.29. The highest BCUT2D eigenvalue weighted by molar-refractivity contribution is 5.77. The number of benzene rings is 1. The number of halogens is 1. The van der Waals surface area contributed by atoms with E-state index in [9.17, 15) is 14.0 Å². The van der Waals surface area contributed by atoms with Gasteiger partial charge in [0, 0.05) is 6.42 Å². The van der Waals surface area contributed by atoms with Crippen LogP contribution in [0.1, 0.15) is 31.4 Å². The minimum absolute atomic E-state index is 0.225. The second kappa shape index (κ2) is 5.98. The van der Waals surface area contributed by atoms with Crippen LogP contribution in [0.15, 0.2) is 24.3 Å². The summed E-state index contributed by atoms with van der Waals surface area (Å²) in [5, 5.41) is 11.4. The van der Waals surface area contributed by atoms with Gasteiger partial charge in [0.25, 0.3) is 0 Å². The summed E-state index contributed by atoms with van der Waals surface area (Å²) in [6.45, 7) is 1.68. The van der Waals surface area contributed by atoms with E-state index in [1.54, 1.807) is 6.92 Å². The molecule has 5 heteroatoms. The van der Waals surface area contributed by atoms with E-state index in [4.69, 9.17) is 5.11 Å². The third-order valence-electron chi connectivity index (χ3n) is 2.31. The Bertz CT molecular complexity index is 403. The van der Waals surface area contributed by atoms with Crippen LogP contribution in [0.5, 0.6) is 0 Å². The normalized spacial score (nSPS) is 11.9. The van der Waals surface area contributed by atoms with Crippen LogP contribution in [0.2, 0.25) is 0 Å². The Morgan fingerprint density at radius 3 is 2.41 bits per heavy atom. The van der Waals surface area contributed by atoms with Gasteiger partial charge in [0.1, 0.15) is 5.82 Å². The van der Waals surface area contributed by atoms with Crippen molar-refractivity contribution in [3.05, 3.63) is 35.6 Å². The van der Waals surface area contributed by atoms with Crippen LogP contribution in [0.4, 0.5) is 4.39 Å². The fraction of sp³-hybridized carbons (Fsp3) is 0.333. The summed E-state index contributed by atoms with van der Waals surface area (Å²) in [6, 6.07) is 4.79. The van der Waals surface area contributed by atoms with Crippen molar-refractivity contribution in [3.63, 3.8) is 0 Å². The Balaban J connectivity index is 2.85. The standard InChI is InChI=1S/C12H14FNO3/c1-2-11(15)14-10(7-12(16)17)8-3-5-9(13)6-4-8/h3-6,10H,2,7H2,1H3,(H,14,15)(H,16,17). The molecule has 0 aliphatic carbocycles. The highest BCUT2D eigenvalue weighted by atomic mass is 19.1. The highest BCUT2D eigenvalue weighted by Crippen LogP contribution is 2.17. The van der Waals surface area contributed by atoms with Gasteiger partial charge in [-0.1, -0.05) is 19.1 Å². The molecule has 0 aliphatic heterocycles. The zero-order valence-corrected chi connectivity index (χ0v) is 9.44. The smallest absolute Gasteiger partial charge is 0.305 e. The summed E-state index contributed by atoms with van der Waals surface area (Å²) in [5.74, 6) is -1.65. The lowest BCUT2D eigenvalue weighted by Crippen LogP contribution is -2.29. The van der Waals surface area contributed by atoms with Gasteiger partial charge in [-0.2, -0.15) is 0 Å². The quantitative estimate of drug-likeness (QED) is 0.824. The summed E-state index contributed by atoms with van der Waals surface area (Å²) in [6.07, 6.45) is 0.0503. The maximum Gasteiger partial charge on any atom is 0.305 e. The molecule has 1 unspecified atom stereocenters. The first-order valence-corrected chi connectivity index (χ1v) is 5.29. The molecule has 0 fully saturated rings. The number of carbonyl (C=O) groups is 2. The molecule has 4 nitrogen and oxygen atoms in total. The van der Waals surface area contributed by atoms with Crippen molar-refractivity contribution >= 4 is 11.9 Å². The number of carboxylic acids is 1. The van der Waals surface area contributed by atoms with E-state index in [-0.39, 0.29) is 18.7 Å². The Kier molecular flexibility index (Phi) is 4.63. The van der Waals surface area contributed by atoms with Crippen molar-refractivity contribution < 1.29 is 19.1 Å². The fourth-order valence-electron chi connectivity index (χ4n) is 1.42. The third-order valence-corrected chi connectivity index (χ3v) is 2.31. The van der Waals surface area contributed by atoms with Crippen LogP contribution in [-0.2, 0) is 9.59 Å². The first kappa shape index (κ1) is 13.2. The molecule has 0 spiro atoms. The Labute approximate surface area is 98.5 Å². The molecule has 0 saturated heterocycles. The third kappa shape index (κ3) is 4.22. The molecule has 0 aliphatic rings. The molecule has 0 aromatic heterocycles. The van der Waals surface area contributed by atoms with E-state index in [0.717, 1.165) is 0 Å². The van der Waals surface area contributed by atoms with Crippen molar-refractivity contribution in [3.8, 4) is 0 Å². The molecule has 0 saturated carbocycles. The Morgan fingerprint density at radius 1 is 1.35 bits per heavy atom. The number of hydrogen-bond donors (Lipinski definition) is 2. The molecule has 0 heterocycles. The number of carbonyl (C=O) groups excluding carboxylic acids is 1. The lowest BCUT2D eigenvalue weighted by atomic mass is 10.0. The van der Waals surface area contributed by atoms with Gasteiger partial charge in [-0.3, -0.25) is 9.59 Å². The largest absolute Gasteiger partial charge is 0.481 e. The SMILES string of the molecule is CCC(=O)NC(CC(=O)O)c1ccc(F)cc1. The average Bonchev–Trinajstić information content (AvgIpc) is 2.28. The summed E-state index contributed by atoms with van der Waals surface area (Å²) in [5.41, 5.74) is 0.579. The Hall–Kier alpha value is -1.91. The van der Waals surface area contributed by atoms with E-state index in [0.29, 0.717) is 5.56 Å². The minimum Gasteiger partial charge on any atom is -0.481 e. The lowest BCUT2D eigenvalue weighted by Gasteiger charge is -2.16. The molecule has 1 aromatic rings. The van der Waals surface area contributed by atoms with Gasteiger partial charge in [0.05, 0.1) is 12.5 Å². The second-order valence-electron chi connectivity index (χ2n) is 3.62. The number of nitrogens with one attached hydrogen (secondary N) is 1. The van der Waals surface area contributed by atoms with Crippen molar-refractivity contribution in [1.29, 1.82) is 0 Å². The number of rotatable bonds is 5. The van der Waals surface area contributed by atoms with Crippen molar-refractivity contribution in [1.82, 2.24) is 5.32 Å². The average molecular weight is 239 g/mol. The van der Waals surface area contributed by atoms with Gasteiger partial charge in [-0.05, 0) is 17.7 Å². The van der Waals surface area contributed by atoms with Crippen LogP contribution >= 0.6 is 0 Å². The molecule has 2 N–H and O–H groups in total. The van der Waals surface area contributed by atoms with Crippen LogP contribution < -0.4 is 5.32 Å². The number of amides is 1. The van der Waals surface area contributed by atoms with Gasteiger partial charge < -0.3 is 10.4 Å². The van der Waals surface area contributed by atoms with Crippen LogP contribution in [-0.4, -0.2) is 17.0 Å². The van der Waals surface area contributed by atoms with E-state index in [1.807, 2.05) is 0 Å². The molecule has 0 radical (unpaired) electrons. The van der Waals surface area contributed by atoms with Crippen LogP contribution in [0.3, 0.4) is 0 Å². The molecule has 92 valence electrons. The predicted molar refractivity (Wildman–Crippen MR) is 59.8 cm³/mol. The van der Waals surface area contributed by atoms with Gasteiger partial charge in [-0.15, -0.1) is 0 Å². The molecule has 1 atom stereocenters. The minimum atomic E-state index is -1.02. The topological polar surface area (TPSA) is 66.4 Å². The zero-order valence-electron chi connectivity index (χ0n) is 9.44. The number of hydrogen-bond acceptors (Lipinski definition) is 2. The molecule has 0 bridgehead atoms. The molecular weight excluding hydrogens is 225 g/mol. The highest BCUT2D eigenvalue weighted by Gasteiger charge is 2.17. The summed E-state index contributed by atoms with van der Waals surface area (Å²) < 4.78 is 12.7. The van der Waals surface area contributed by atoms with Crippen LogP contribution in [0.25, 0.3) is 0 Å². The van der Waals surface area contributed by atoms with Gasteiger partial charge in [-0.25, -0.2) is 4.39 Å². The van der Waals surface area contributed by atoms with Gasteiger partial charge in [0.2, 0.25) is 5.91 Å². The second-order valence-corrected chi connectivity index (χ2v) is 3.62. The monoisotopic (exact) mass is 239 g/mol. The molecule has 1 aromatic carbocycles. The van der Waals surface area contributed by atoms with E-state index in [2.05, 4.69) is 5.32 Å². The Morgan fingerprint density at radius 2 is 1.94 bits per heavy atom.